The van der Waals surface area contributed by atoms with Crippen molar-refractivity contribution in [2.24, 2.45) is 11.3 Å². The summed E-state index contributed by atoms with van der Waals surface area (Å²) in [5, 5.41) is 12.0. The SMILES string of the molecule is CCCCCCC(CCC)C1(O)c2cc(Br)cc(Br)c2CC1(C)C. The second-order valence-electron chi connectivity index (χ2n) is 8.08. The highest BCUT2D eigenvalue weighted by atomic mass is 79.9. The fraction of sp³-hybridized carbons (Fsp3) is 0.714. The Labute approximate surface area is 164 Å². The maximum Gasteiger partial charge on any atom is 0.0981 e. The van der Waals surface area contributed by atoms with Gasteiger partial charge in [-0.3, -0.25) is 0 Å². The molecule has 0 aromatic heterocycles. The number of unbranched alkanes of at least 4 members (excludes halogenated alkanes) is 3. The monoisotopic (exact) mass is 458 g/mol. The molecule has 2 rings (SSSR count). The molecule has 0 amide bonds. The van der Waals surface area contributed by atoms with E-state index >= 15 is 0 Å². The molecular formula is C21H32Br2O. The van der Waals surface area contributed by atoms with Gasteiger partial charge in [-0.2, -0.15) is 0 Å². The quantitative estimate of drug-likeness (QED) is 0.402. The van der Waals surface area contributed by atoms with Gasteiger partial charge >= 0.3 is 0 Å². The predicted octanol–water partition coefficient (Wildman–Crippen LogP) is 7.37. The first-order chi connectivity index (χ1) is 11.3. The average molecular weight is 460 g/mol. The van der Waals surface area contributed by atoms with E-state index in [1.54, 1.807) is 0 Å². The minimum Gasteiger partial charge on any atom is -0.384 e. The first-order valence-electron chi connectivity index (χ1n) is 9.48. The minimum atomic E-state index is -0.739. The molecule has 0 aliphatic heterocycles. The van der Waals surface area contributed by atoms with E-state index in [1.807, 2.05) is 0 Å². The van der Waals surface area contributed by atoms with Crippen LogP contribution in [0.1, 0.15) is 83.8 Å². The Morgan fingerprint density at radius 3 is 2.38 bits per heavy atom. The molecule has 136 valence electrons. The fourth-order valence-electron chi connectivity index (χ4n) is 4.57. The molecule has 0 heterocycles. The number of hydrogen-bond acceptors (Lipinski definition) is 1. The summed E-state index contributed by atoms with van der Waals surface area (Å²) in [7, 11) is 0. The molecule has 1 N–H and O–H groups in total. The van der Waals surface area contributed by atoms with Crippen LogP contribution in [-0.4, -0.2) is 5.11 Å². The third-order valence-corrected chi connectivity index (χ3v) is 7.02. The van der Waals surface area contributed by atoms with E-state index in [1.165, 1.54) is 31.2 Å². The fourth-order valence-corrected chi connectivity index (χ4v) is 5.93. The van der Waals surface area contributed by atoms with E-state index in [0.29, 0.717) is 5.92 Å². The van der Waals surface area contributed by atoms with E-state index in [2.05, 4.69) is 71.7 Å². The van der Waals surface area contributed by atoms with Crippen molar-refractivity contribution in [1.82, 2.24) is 0 Å². The van der Waals surface area contributed by atoms with E-state index in [0.717, 1.165) is 40.2 Å². The molecule has 1 aliphatic carbocycles. The standard InChI is InChI=1S/C21H32Br2O/c1-5-7-8-9-11-15(10-6-2)21(24)18-12-16(22)13-19(23)17(18)14-20(21,3)4/h12-13,15,24H,5-11,14H2,1-4H3. The van der Waals surface area contributed by atoms with Crippen LogP contribution in [-0.2, 0) is 12.0 Å². The first-order valence-corrected chi connectivity index (χ1v) is 11.1. The Bertz CT molecular complexity index is 567. The van der Waals surface area contributed by atoms with E-state index in [9.17, 15) is 5.11 Å². The summed E-state index contributed by atoms with van der Waals surface area (Å²) < 4.78 is 2.17. The average Bonchev–Trinajstić information content (AvgIpc) is 2.71. The topological polar surface area (TPSA) is 20.2 Å². The van der Waals surface area contributed by atoms with Crippen molar-refractivity contribution in [3.8, 4) is 0 Å². The van der Waals surface area contributed by atoms with Crippen LogP contribution in [0.15, 0.2) is 21.1 Å². The Balaban J connectivity index is 2.39. The maximum absolute atomic E-state index is 12.0. The molecule has 1 nitrogen and oxygen atoms in total. The van der Waals surface area contributed by atoms with Crippen molar-refractivity contribution in [1.29, 1.82) is 0 Å². The van der Waals surface area contributed by atoms with Crippen LogP contribution in [0.25, 0.3) is 0 Å². The van der Waals surface area contributed by atoms with Crippen LogP contribution >= 0.6 is 31.9 Å². The van der Waals surface area contributed by atoms with E-state index in [4.69, 9.17) is 0 Å². The molecule has 1 aromatic carbocycles. The molecule has 0 saturated carbocycles. The molecule has 0 bridgehead atoms. The van der Waals surface area contributed by atoms with Gasteiger partial charge in [-0.25, -0.2) is 0 Å². The van der Waals surface area contributed by atoms with Crippen molar-refractivity contribution in [2.45, 2.75) is 84.7 Å². The number of hydrogen-bond donors (Lipinski definition) is 1. The van der Waals surface area contributed by atoms with Crippen LogP contribution in [0.3, 0.4) is 0 Å². The summed E-state index contributed by atoms with van der Waals surface area (Å²) >= 11 is 7.35. The zero-order valence-electron chi connectivity index (χ0n) is 15.6. The zero-order valence-corrected chi connectivity index (χ0v) is 18.8. The van der Waals surface area contributed by atoms with Crippen molar-refractivity contribution < 1.29 is 5.11 Å². The summed E-state index contributed by atoms with van der Waals surface area (Å²) in [5.74, 6) is 0.330. The van der Waals surface area contributed by atoms with Crippen LogP contribution in [0.4, 0.5) is 0 Å². The van der Waals surface area contributed by atoms with Gasteiger partial charge in [-0.05, 0) is 48.4 Å². The highest BCUT2D eigenvalue weighted by molar-refractivity contribution is 9.11. The lowest BCUT2D eigenvalue weighted by atomic mass is 9.65. The molecule has 1 aliphatic rings. The Morgan fingerprint density at radius 2 is 1.75 bits per heavy atom. The highest BCUT2D eigenvalue weighted by Crippen LogP contribution is 2.57. The Kier molecular flexibility index (Phi) is 7.01. The molecule has 1 aromatic rings. The Morgan fingerprint density at radius 1 is 1.04 bits per heavy atom. The lowest BCUT2D eigenvalue weighted by molar-refractivity contribution is -0.113. The summed E-state index contributed by atoms with van der Waals surface area (Å²) in [5.41, 5.74) is 1.56. The van der Waals surface area contributed by atoms with Gasteiger partial charge < -0.3 is 5.11 Å². The van der Waals surface area contributed by atoms with Crippen LogP contribution in [0.2, 0.25) is 0 Å². The summed E-state index contributed by atoms with van der Waals surface area (Å²) in [4.78, 5) is 0. The van der Waals surface area contributed by atoms with Gasteiger partial charge in [0.25, 0.3) is 0 Å². The van der Waals surface area contributed by atoms with Gasteiger partial charge in [0.05, 0.1) is 5.60 Å². The summed E-state index contributed by atoms with van der Waals surface area (Å²) in [6.45, 7) is 8.97. The molecule has 24 heavy (non-hydrogen) atoms. The molecule has 2 atom stereocenters. The second-order valence-corrected chi connectivity index (χ2v) is 9.85. The summed E-state index contributed by atoms with van der Waals surface area (Å²) in [6.07, 6.45) is 9.34. The number of aliphatic hydroxyl groups is 1. The number of rotatable bonds is 8. The van der Waals surface area contributed by atoms with Crippen LogP contribution in [0, 0.1) is 11.3 Å². The van der Waals surface area contributed by atoms with Gasteiger partial charge in [0.2, 0.25) is 0 Å². The number of fused-ring (bicyclic) bond motifs is 1. The van der Waals surface area contributed by atoms with Gasteiger partial charge in [0, 0.05) is 14.4 Å². The second kappa shape index (κ2) is 8.22. The largest absolute Gasteiger partial charge is 0.384 e. The Hall–Kier alpha value is 0.140. The first kappa shape index (κ1) is 20.5. The van der Waals surface area contributed by atoms with Crippen LogP contribution in [0.5, 0.6) is 0 Å². The molecule has 0 fully saturated rings. The van der Waals surface area contributed by atoms with Gasteiger partial charge in [0.15, 0.2) is 0 Å². The normalized spacial score (nSPS) is 23.3. The smallest absolute Gasteiger partial charge is 0.0981 e. The van der Waals surface area contributed by atoms with Crippen molar-refractivity contribution in [3.63, 3.8) is 0 Å². The highest BCUT2D eigenvalue weighted by Gasteiger charge is 2.55. The molecule has 3 heteroatoms. The predicted molar refractivity (Wildman–Crippen MR) is 110 cm³/mol. The molecule has 0 spiro atoms. The third-order valence-electron chi connectivity index (χ3n) is 5.86. The molecule has 0 radical (unpaired) electrons. The van der Waals surface area contributed by atoms with Gasteiger partial charge in [-0.15, -0.1) is 0 Å². The van der Waals surface area contributed by atoms with Crippen molar-refractivity contribution in [3.05, 3.63) is 32.2 Å². The van der Waals surface area contributed by atoms with E-state index in [-0.39, 0.29) is 5.41 Å². The van der Waals surface area contributed by atoms with Crippen molar-refractivity contribution >= 4 is 31.9 Å². The molecule has 0 saturated heterocycles. The van der Waals surface area contributed by atoms with E-state index < -0.39 is 5.60 Å². The van der Waals surface area contributed by atoms with Gasteiger partial charge in [0.1, 0.15) is 0 Å². The minimum absolute atomic E-state index is 0.136. The third kappa shape index (κ3) is 3.78. The zero-order chi connectivity index (χ0) is 18.0. The number of benzene rings is 1. The maximum atomic E-state index is 12.0. The number of halogens is 2. The van der Waals surface area contributed by atoms with Crippen LogP contribution < -0.4 is 0 Å². The van der Waals surface area contributed by atoms with Crippen molar-refractivity contribution in [2.75, 3.05) is 0 Å². The summed E-state index contributed by atoms with van der Waals surface area (Å²) in [6, 6.07) is 4.26. The molecule has 2 unspecified atom stereocenters. The van der Waals surface area contributed by atoms with Gasteiger partial charge in [-0.1, -0.05) is 91.7 Å². The lowest BCUT2D eigenvalue weighted by Crippen LogP contribution is -2.45. The molecular weight excluding hydrogens is 428 g/mol. The lowest BCUT2D eigenvalue weighted by Gasteiger charge is -2.44.